The minimum Gasteiger partial charge on any atom is -0.355 e. The highest BCUT2D eigenvalue weighted by molar-refractivity contribution is 5.39. The average molecular weight is 174 g/mol. The summed E-state index contributed by atoms with van der Waals surface area (Å²) in [5.74, 6) is 0.830. The third kappa shape index (κ3) is 1.59. The highest BCUT2D eigenvalue weighted by Crippen LogP contribution is 2.16. The second-order valence-corrected chi connectivity index (χ2v) is 3.07. The zero-order chi connectivity index (χ0) is 9.10. The summed E-state index contributed by atoms with van der Waals surface area (Å²) in [7, 11) is 0. The predicted molar refractivity (Wildman–Crippen MR) is 48.2 cm³/mol. The standard InChI is InChI=1S/C9H10N4/c10-5-8-6-11-7-9(12-8)13-3-1-2-4-13/h6-7H,1-4H2. The van der Waals surface area contributed by atoms with Crippen molar-refractivity contribution in [1.29, 1.82) is 5.26 Å². The second kappa shape index (κ2) is 3.40. The molecule has 1 fully saturated rings. The van der Waals surface area contributed by atoms with Gasteiger partial charge in [0.2, 0.25) is 0 Å². The van der Waals surface area contributed by atoms with Gasteiger partial charge in [0.1, 0.15) is 11.9 Å². The minimum absolute atomic E-state index is 0.393. The summed E-state index contributed by atoms with van der Waals surface area (Å²) in [4.78, 5) is 10.3. The Morgan fingerprint density at radius 2 is 2.08 bits per heavy atom. The SMILES string of the molecule is N#Cc1cncc(N2CCCC2)n1. The molecule has 0 atom stereocenters. The Hall–Kier alpha value is -1.63. The van der Waals surface area contributed by atoms with Crippen molar-refractivity contribution >= 4 is 5.82 Å². The molecule has 66 valence electrons. The molecule has 1 aliphatic heterocycles. The molecule has 1 saturated heterocycles. The quantitative estimate of drug-likeness (QED) is 0.636. The summed E-state index contributed by atoms with van der Waals surface area (Å²) in [6.07, 6.45) is 5.61. The monoisotopic (exact) mass is 174 g/mol. The summed E-state index contributed by atoms with van der Waals surface area (Å²) in [6, 6.07) is 1.99. The summed E-state index contributed by atoms with van der Waals surface area (Å²) in [6.45, 7) is 2.06. The molecule has 0 N–H and O–H groups in total. The summed E-state index contributed by atoms with van der Waals surface area (Å²) in [5.41, 5.74) is 0.393. The lowest BCUT2D eigenvalue weighted by Crippen LogP contribution is -2.19. The first-order chi connectivity index (χ1) is 6.40. The van der Waals surface area contributed by atoms with Crippen LogP contribution in [0.2, 0.25) is 0 Å². The Balaban J connectivity index is 2.25. The van der Waals surface area contributed by atoms with E-state index in [0.29, 0.717) is 5.69 Å². The van der Waals surface area contributed by atoms with Crippen LogP contribution >= 0.6 is 0 Å². The lowest BCUT2D eigenvalue weighted by Gasteiger charge is -2.14. The Labute approximate surface area is 76.8 Å². The Bertz CT molecular complexity index is 336. The fourth-order valence-electron chi connectivity index (χ4n) is 1.51. The third-order valence-corrected chi connectivity index (χ3v) is 2.17. The molecule has 4 nitrogen and oxygen atoms in total. The smallest absolute Gasteiger partial charge is 0.161 e. The van der Waals surface area contributed by atoms with Gasteiger partial charge in [-0.15, -0.1) is 0 Å². The Morgan fingerprint density at radius 1 is 1.31 bits per heavy atom. The van der Waals surface area contributed by atoms with Gasteiger partial charge in [0.25, 0.3) is 0 Å². The topological polar surface area (TPSA) is 52.8 Å². The first-order valence-electron chi connectivity index (χ1n) is 4.37. The number of anilines is 1. The molecule has 0 saturated carbocycles. The molecule has 0 amide bonds. The lowest BCUT2D eigenvalue weighted by atomic mass is 10.4. The lowest BCUT2D eigenvalue weighted by molar-refractivity contribution is 0.922. The van der Waals surface area contributed by atoms with Gasteiger partial charge < -0.3 is 4.90 Å². The molecule has 0 aromatic carbocycles. The van der Waals surface area contributed by atoms with Gasteiger partial charge in [0.15, 0.2) is 5.69 Å². The van der Waals surface area contributed by atoms with Gasteiger partial charge in [-0.3, -0.25) is 4.98 Å². The van der Waals surface area contributed by atoms with Crippen molar-refractivity contribution in [3.8, 4) is 6.07 Å². The molecule has 4 heteroatoms. The number of nitrogens with zero attached hydrogens (tertiary/aromatic N) is 4. The van der Waals surface area contributed by atoms with Crippen LogP contribution in [-0.4, -0.2) is 23.1 Å². The van der Waals surface area contributed by atoms with Crippen molar-refractivity contribution in [2.75, 3.05) is 18.0 Å². The van der Waals surface area contributed by atoms with Crippen molar-refractivity contribution in [2.24, 2.45) is 0 Å². The van der Waals surface area contributed by atoms with E-state index in [1.807, 2.05) is 6.07 Å². The zero-order valence-corrected chi connectivity index (χ0v) is 7.27. The van der Waals surface area contributed by atoms with Gasteiger partial charge >= 0.3 is 0 Å². The van der Waals surface area contributed by atoms with Crippen molar-refractivity contribution in [1.82, 2.24) is 9.97 Å². The fraction of sp³-hybridized carbons (Fsp3) is 0.444. The third-order valence-electron chi connectivity index (χ3n) is 2.17. The van der Waals surface area contributed by atoms with E-state index in [2.05, 4.69) is 14.9 Å². The van der Waals surface area contributed by atoms with E-state index in [1.165, 1.54) is 19.0 Å². The molecular weight excluding hydrogens is 164 g/mol. The van der Waals surface area contributed by atoms with E-state index in [1.54, 1.807) is 6.20 Å². The van der Waals surface area contributed by atoms with Crippen LogP contribution in [0.3, 0.4) is 0 Å². The number of hydrogen-bond acceptors (Lipinski definition) is 4. The molecule has 0 unspecified atom stereocenters. The van der Waals surface area contributed by atoms with E-state index in [-0.39, 0.29) is 0 Å². The van der Waals surface area contributed by atoms with Gasteiger partial charge in [0, 0.05) is 13.1 Å². The van der Waals surface area contributed by atoms with E-state index < -0.39 is 0 Å². The largest absolute Gasteiger partial charge is 0.355 e. The van der Waals surface area contributed by atoms with Crippen LogP contribution in [-0.2, 0) is 0 Å². The van der Waals surface area contributed by atoms with E-state index in [4.69, 9.17) is 5.26 Å². The van der Waals surface area contributed by atoms with Crippen LogP contribution in [0, 0.1) is 11.3 Å². The van der Waals surface area contributed by atoms with Gasteiger partial charge in [-0.25, -0.2) is 4.98 Å². The van der Waals surface area contributed by atoms with Gasteiger partial charge in [0.05, 0.1) is 12.4 Å². The predicted octanol–water partition coefficient (Wildman–Crippen LogP) is 0.948. The van der Waals surface area contributed by atoms with Crippen LogP contribution in [0.5, 0.6) is 0 Å². The Kier molecular flexibility index (Phi) is 2.09. The van der Waals surface area contributed by atoms with Crippen LogP contribution in [0.15, 0.2) is 12.4 Å². The molecule has 13 heavy (non-hydrogen) atoms. The van der Waals surface area contributed by atoms with Crippen molar-refractivity contribution < 1.29 is 0 Å². The maximum Gasteiger partial charge on any atom is 0.161 e. The maximum absolute atomic E-state index is 8.63. The first kappa shape index (κ1) is 7.99. The minimum atomic E-state index is 0.393. The summed E-state index contributed by atoms with van der Waals surface area (Å²) in [5, 5.41) is 8.63. The average Bonchev–Trinajstić information content (AvgIpc) is 2.71. The molecule has 1 aromatic heterocycles. The number of hydrogen-bond donors (Lipinski definition) is 0. The highest BCUT2D eigenvalue weighted by Gasteiger charge is 2.13. The summed E-state index contributed by atoms with van der Waals surface area (Å²) < 4.78 is 0. The van der Waals surface area contributed by atoms with Crippen molar-refractivity contribution in [3.05, 3.63) is 18.1 Å². The second-order valence-electron chi connectivity index (χ2n) is 3.07. The van der Waals surface area contributed by atoms with E-state index >= 15 is 0 Å². The molecule has 0 radical (unpaired) electrons. The molecule has 2 rings (SSSR count). The normalized spacial score (nSPS) is 15.8. The molecule has 0 spiro atoms. The number of aromatic nitrogens is 2. The van der Waals surface area contributed by atoms with Gasteiger partial charge in [-0.05, 0) is 12.8 Å². The zero-order valence-electron chi connectivity index (χ0n) is 7.27. The highest BCUT2D eigenvalue weighted by atomic mass is 15.2. The number of nitriles is 1. The number of rotatable bonds is 1. The molecule has 1 aromatic rings. The fourth-order valence-corrected chi connectivity index (χ4v) is 1.51. The maximum atomic E-state index is 8.63. The van der Waals surface area contributed by atoms with Crippen LogP contribution in [0.4, 0.5) is 5.82 Å². The van der Waals surface area contributed by atoms with Crippen molar-refractivity contribution in [2.45, 2.75) is 12.8 Å². The van der Waals surface area contributed by atoms with E-state index in [9.17, 15) is 0 Å². The Morgan fingerprint density at radius 3 is 2.77 bits per heavy atom. The molecule has 0 bridgehead atoms. The van der Waals surface area contributed by atoms with Crippen LogP contribution in [0.25, 0.3) is 0 Å². The molecule has 0 aliphatic carbocycles. The first-order valence-corrected chi connectivity index (χ1v) is 4.37. The van der Waals surface area contributed by atoms with Crippen LogP contribution < -0.4 is 4.90 Å². The molecular formula is C9H10N4. The van der Waals surface area contributed by atoms with Crippen LogP contribution in [0.1, 0.15) is 18.5 Å². The molecule has 1 aliphatic rings. The molecule has 2 heterocycles. The van der Waals surface area contributed by atoms with Crippen molar-refractivity contribution in [3.63, 3.8) is 0 Å². The van der Waals surface area contributed by atoms with Gasteiger partial charge in [-0.1, -0.05) is 0 Å². The summed E-state index contributed by atoms with van der Waals surface area (Å²) >= 11 is 0. The van der Waals surface area contributed by atoms with Gasteiger partial charge in [-0.2, -0.15) is 5.26 Å². The van der Waals surface area contributed by atoms with E-state index in [0.717, 1.165) is 18.9 Å².